The number of rotatable bonds is 0. The van der Waals surface area contributed by atoms with Crippen molar-refractivity contribution in [3.05, 3.63) is 147 Å². The molecule has 59 heavy (non-hydrogen) atoms. The zero-order chi connectivity index (χ0) is 37.8. The minimum absolute atomic E-state index is 0.427. The average Bonchev–Trinajstić information content (AvgIpc) is 4.04. The zero-order valence-electron chi connectivity index (χ0n) is 33.3. The van der Waals surface area contributed by atoms with Crippen LogP contribution in [0, 0.1) is 40.4 Å². The van der Waals surface area contributed by atoms with Gasteiger partial charge in [0.05, 0.1) is 33.6 Å². The summed E-state index contributed by atoms with van der Waals surface area (Å²) in [7, 11) is 0. The fraction of sp³-hybridized carbons (Fsp3) is 0.351. The third-order valence-electron chi connectivity index (χ3n) is 19.6. The topological polar surface area (TPSA) is 28.2 Å². The molecule has 0 N–H and O–H groups in total. The molecular formula is C57H44N2. The predicted molar refractivity (Wildman–Crippen MR) is 236 cm³/mol. The second-order valence-corrected chi connectivity index (χ2v) is 21.5. The molecule has 2 aromatic heterocycles. The Bertz CT molecular complexity index is 3330. The maximum Gasteiger partial charge on any atom is 0.0995 e. The van der Waals surface area contributed by atoms with Gasteiger partial charge in [-0.15, -0.1) is 0 Å². The van der Waals surface area contributed by atoms with Crippen LogP contribution in [-0.4, -0.2) is 4.40 Å². The molecule has 0 aliphatic heterocycles. The fourth-order valence-corrected chi connectivity index (χ4v) is 18.2. The van der Waals surface area contributed by atoms with Gasteiger partial charge in [-0.05, 0) is 202 Å². The van der Waals surface area contributed by atoms with E-state index in [4.69, 9.17) is 0 Å². The van der Waals surface area contributed by atoms with Crippen LogP contribution in [0.2, 0.25) is 0 Å². The number of benzene rings is 6. The molecular weight excluding hydrogens is 713 g/mol. The fourth-order valence-electron chi connectivity index (χ4n) is 18.2. The van der Waals surface area contributed by atoms with Crippen molar-refractivity contribution < 1.29 is 0 Å². The third kappa shape index (κ3) is 3.10. The van der Waals surface area contributed by atoms with Crippen molar-refractivity contribution in [1.82, 2.24) is 4.40 Å². The van der Waals surface area contributed by atoms with Gasteiger partial charge in [-0.1, -0.05) is 78.9 Å². The predicted octanol–water partition coefficient (Wildman–Crippen LogP) is 13.8. The average molecular weight is 757 g/mol. The second kappa shape index (κ2) is 9.63. The molecule has 0 saturated heterocycles. The van der Waals surface area contributed by atoms with Crippen LogP contribution < -0.4 is 0 Å². The van der Waals surface area contributed by atoms with Crippen LogP contribution in [0.4, 0.5) is 0 Å². The van der Waals surface area contributed by atoms with Gasteiger partial charge in [0.15, 0.2) is 0 Å². The molecule has 7 atom stereocenters. The molecule has 5 fully saturated rings. The summed E-state index contributed by atoms with van der Waals surface area (Å²) >= 11 is 0. The van der Waals surface area contributed by atoms with Crippen LogP contribution in [0.5, 0.6) is 0 Å². The molecule has 2 spiro atoms. The first-order chi connectivity index (χ1) is 29.1. The summed E-state index contributed by atoms with van der Waals surface area (Å²) in [5.74, 6) is 5.83. The van der Waals surface area contributed by atoms with Crippen molar-refractivity contribution >= 4 is 38.1 Å². The van der Waals surface area contributed by atoms with Crippen LogP contribution in [0.1, 0.15) is 138 Å². The normalized spacial score (nSPS) is 32.3. The van der Waals surface area contributed by atoms with Crippen molar-refractivity contribution in [3.8, 4) is 28.3 Å². The first-order valence-electron chi connectivity index (χ1n) is 23.2. The molecule has 7 unspecified atom stereocenters. The van der Waals surface area contributed by atoms with E-state index < -0.39 is 5.41 Å². The van der Waals surface area contributed by atoms with Gasteiger partial charge in [0, 0.05) is 21.5 Å². The highest BCUT2D eigenvalue weighted by Gasteiger charge is 2.66. The lowest BCUT2D eigenvalue weighted by atomic mass is 9.56. The smallest absolute Gasteiger partial charge is 0.0995 e. The standard InChI is InChI=1S/C57H44N2/c58-27-34-22-47-52(50-31-18-28-15-29(19-31)17-30(16-28)48(34)50)53-54-41(40-9-3-6-12-45(40)57(54)43-10-4-1-7-38(43)39-8-2-5-11-44(39)57)24-42-51-46(59(47)55(42)53)14-13-37-32-20-35-23-36-21-33(49(37)51)26-56(35,36)25-32/h1-14,22,24,28-33,35-36H,15-21,23,25-26H2. The number of hydrogen-bond donors (Lipinski definition) is 0. The zero-order valence-corrected chi connectivity index (χ0v) is 33.3. The van der Waals surface area contributed by atoms with Crippen LogP contribution >= 0.6 is 0 Å². The summed E-state index contributed by atoms with van der Waals surface area (Å²) < 4.78 is 2.74. The second-order valence-electron chi connectivity index (χ2n) is 21.5. The number of aromatic nitrogens is 1. The van der Waals surface area contributed by atoms with Crippen molar-refractivity contribution in [2.45, 2.75) is 93.3 Å². The van der Waals surface area contributed by atoms with E-state index in [2.05, 4.69) is 108 Å². The molecule has 5 saturated carbocycles. The van der Waals surface area contributed by atoms with Gasteiger partial charge < -0.3 is 4.40 Å². The Balaban J connectivity index is 1.13. The van der Waals surface area contributed by atoms with Gasteiger partial charge in [0.1, 0.15) is 0 Å². The molecule has 2 nitrogen and oxygen atoms in total. The SMILES string of the molecule is N#Cc1cc2c(c3c1C1CC4CC(C1)CC3C4)c1c3c(cc4c5c6c(ccc5n2c41)C1CC2CC4CC6CC24C1)-c1ccccc1C31c2ccccc2-c2ccccc21. The molecule has 10 aliphatic rings. The van der Waals surface area contributed by atoms with E-state index in [1.165, 1.54) is 147 Å². The molecule has 10 aliphatic carbocycles. The third-order valence-corrected chi connectivity index (χ3v) is 19.6. The Hall–Kier alpha value is -5.39. The van der Waals surface area contributed by atoms with E-state index >= 15 is 0 Å². The Labute approximate surface area is 344 Å². The number of hydrogen-bond acceptors (Lipinski definition) is 1. The molecule has 8 aromatic rings. The Morgan fingerprint density at radius 2 is 1.15 bits per heavy atom. The monoisotopic (exact) mass is 756 g/mol. The number of nitriles is 1. The summed E-state index contributed by atoms with van der Waals surface area (Å²) in [6.07, 6.45) is 13.6. The molecule has 2 heteroatoms. The van der Waals surface area contributed by atoms with Crippen molar-refractivity contribution in [2.75, 3.05) is 0 Å². The van der Waals surface area contributed by atoms with Gasteiger partial charge in [0.25, 0.3) is 0 Å². The minimum atomic E-state index is -0.427. The van der Waals surface area contributed by atoms with Gasteiger partial charge in [-0.25, -0.2) is 0 Å². The number of nitrogens with zero attached hydrogens (tertiary/aromatic N) is 2. The first kappa shape index (κ1) is 30.6. The summed E-state index contributed by atoms with van der Waals surface area (Å²) in [5, 5.41) is 17.3. The van der Waals surface area contributed by atoms with E-state index in [1.54, 1.807) is 22.1 Å². The maximum absolute atomic E-state index is 11.2. The lowest BCUT2D eigenvalue weighted by Gasteiger charge is -2.48. The lowest BCUT2D eigenvalue weighted by molar-refractivity contribution is 0.00322. The highest BCUT2D eigenvalue weighted by atomic mass is 14.9. The lowest BCUT2D eigenvalue weighted by Crippen LogP contribution is -2.41. The summed E-state index contributed by atoms with van der Waals surface area (Å²) in [5.41, 5.74) is 23.1. The maximum atomic E-state index is 11.2. The summed E-state index contributed by atoms with van der Waals surface area (Å²) in [6, 6.07) is 41.4. The molecule has 2 heterocycles. The van der Waals surface area contributed by atoms with Crippen molar-refractivity contribution in [1.29, 1.82) is 5.26 Å². The first-order valence-corrected chi connectivity index (χ1v) is 23.2. The highest BCUT2D eigenvalue weighted by Crippen LogP contribution is 2.77. The van der Waals surface area contributed by atoms with Gasteiger partial charge in [-0.2, -0.15) is 5.26 Å². The molecule has 0 radical (unpaired) electrons. The van der Waals surface area contributed by atoms with E-state index in [-0.39, 0.29) is 0 Å². The van der Waals surface area contributed by atoms with Crippen molar-refractivity contribution in [3.63, 3.8) is 0 Å². The largest absolute Gasteiger partial charge is 0.308 e. The Morgan fingerprint density at radius 1 is 0.525 bits per heavy atom. The van der Waals surface area contributed by atoms with Gasteiger partial charge >= 0.3 is 0 Å². The van der Waals surface area contributed by atoms with Gasteiger partial charge in [0.2, 0.25) is 0 Å². The van der Waals surface area contributed by atoms with Crippen LogP contribution in [0.15, 0.2) is 97.1 Å². The van der Waals surface area contributed by atoms with E-state index in [9.17, 15) is 5.26 Å². The molecule has 7 bridgehead atoms. The van der Waals surface area contributed by atoms with Crippen LogP contribution in [0.25, 0.3) is 60.3 Å². The molecule has 6 aromatic carbocycles. The van der Waals surface area contributed by atoms with Crippen LogP contribution in [-0.2, 0) is 5.41 Å². The Morgan fingerprint density at radius 3 is 1.85 bits per heavy atom. The van der Waals surface area contributed by atoms with E-state index in [1.807, 2.05) is 0 Å². The molecule has 18 rings (SSSR count). The molecule has 282 valence electrons. The molecule has 0 amide bonds. The number of fused-ring (bicyclic) bond motifs is 23. The van der Waals surface area contributed by atoms with E-state index in [0.717, 1.165) is 29.2 Å². The summed E-state index contributed by atoms with van der Waals surface area (Å²) in [6.45, 7) is 0. The minimum Gasteiger partial charge on any atom is -0.308 e. The van der Waals surface area contributed by atoms with Gasteiger partial charge in [-0.3, -0.25) is 0 Å². The highest BCUT2D eigenvalue weighted by molar-refractivity contribution is 6.29. The van der Waals surface area contributed by atoms with E-state index in [0.29, 0.717) is 29.1 Å². The summed E-state index contributed by atoms with van der Waals surface area (Å²) in [4.78, 5) is 0. The quantitative estimate of drug-likeness (QED) is 0.151. The van der Waals surface area contributed by atoms with Crippen molar-refractivity contribution in [2.24, 2.45) is 29.1 Å². The Kier molecular flexibility index (Phi) is 5.00. The van der Waals surface area contributed by atoms with Crippen LogP contribution in [0.3, 0.4) is 0 Å².